The molecule has 2 aromatic rings. The fourth-order valence-corrected chi connectivity index (χ4v) is 4.66. The first kappa shape index (κ1) is 23.6. The molecule has 0 bridgehead atoms. The molecular formula is C30H39F. The summed E-state index contributed by atoms with van der Waals surface area (Å²) in [7, 11) is 0. The van der Waals surface area contributed by atoms with Crippen LogP contribution in [0.25, 0.3) is 0 Å². The van der Waals surface area contributed by atoms with E-state index in [1.165, 1.54) is 62.5 Å². The van der Waals surface area contributed by atoms with Gasteiger partial charge in [0.2, 0.25) is 0 Å². The van der Waals surface area contributed by atoms with Gasteiger partial charge in [-0.15, -0.1) is 0 Å². The second-order valence-electron chi connectivity index (χ2n) is 9.28. The molecule has 0 unspecified atom stereocenters. The Morgan fingerprint density at radius 2 is 1.55 bits per heavy atom. The van der Waals surface area contributed by atoms with Gasteiger partial charge >= 0.3 is 0 Å². The van der Waals surface area contributed by atoms with E-state index < -0.39 is 0 Å². The van der Waals surface area contributed by atoms with Gasteiger partial charge in [-0.25, -0.2) is 4.39 Å². The highest BCUT2D eigenvalue weighted by Crippen LogP contribution is 2.35. The van der Waals surface area contributed by atoms with Crippen molar-refractivity contribution in [3.63, 3.8) is 0 Å². The topological polar surface area (TPSA) is 0 Å². The molecule has 3 rings (SSSR count). The summed E-state index contributed by atoms with van der Waals surface area (Å²) in [6.45, 7) is 4.45. The van der Waals surface area contributed by atoms with E-state index in [2.05, 4.69) is 50.0 Å². The van der Waals surface area contributed by atoms with Crippen molar-refractivity contribution in [2.24, 2.45) is 5.92 Å². The maximum atomic E-state index is 14.4. The first-order valence-electron chi connectivity index (χ1n) is 12.6. The van der Waals surface area contributed by atoms with Crippen molar-refractivity contribution in [2.75, 3.05) is 0 Å². The quantitative estimate of drug-likeness (QED) is 0.282. The number of benzene rings is 2. The SMILES string of the molecule is CCCCCCc1ccc(C#C[C@H]2CC[C@H](c3ccc(CCCC)cc3)CC2)cc1F. The van der Waals surface area contributed by atoms with Gasteiger partial charge in [0, 0.05) is 11.5 Å². The molecule has 2 aromatic carbocycles. The highest BCUT2D eigenvalue weighted by atomic mass is 19.1. The molecule has 1 aliphatic carbocycles. The predicted molar refractivity (Wildman–Crippen MR) is 131 cm³/mol. The normalized spacial score (nSPS) is 18.4. The van der Waals surface area contributed by atoms with E-state index in [4.69, 9.17) is 0 Å². The van der Waals surface area contributed by atoms with Crippen molar-refractivity contribution in [3.05, 3.63) is 70.5 Å². The zero-order valence-electron chi connectivity index (χ0n) is 19.6. The minimum absolute atomic E-state index is 0.0885. The van der Waals surface area contributed by atoms with Crippen molar-refractivity contribution < 1.29 is 4.39 Å². The zero-order valence-corrected chi connectivity index (χ0v) is 19.6. The Hall–Kier alpha value is -2.07. The summed E-state index contributed by atoms with van der Waals surface area (Å²) in [6.07, 6.45) is 14.0. The average molecular weight is 419 g/mol. The average Bonchev–Trinajstić information content (AvgIpc) is 2.81. The molecular weight excluding hydrogens is 379 g/mol. The lowest BCUT2D eigenvalue weighted by molar-refractivity contribution is 0.384. The van der Waals surface area contributed by atoms with Crippen LogP contribution in [-0.4, -0.2) is 0 Å². The molecule has 0 heterocycles. The monoisotopic (exact) mass is 418 g/mol. The van der Waals surface area contributed by atoms with Gasteiger partial charge in [-0.1, -0.05) is 81.7 Å². The molecule has 0 amide bonds. The number of aryl methyl sites for hydroxylation is 2. The van der Waals surface area contributed by atoms with Crippen LogP contribution in [0.5, 0.6) is 0 Å². The second kappa shape index (κ2) is 12.7. The Morgan fingerprint density at radius 1 is 0.806 bits per heavy atom. The summed E-state index contributed by atoms with van der Waals surface area (Å²) in [5.41, 5.74) is 4.61. The van der Waals surface area contributed by atoms with Crippen molar-refractivity contribution in [1.29, 1.82) is 0 Å². The van der Waals surface area contributed by atoms with Gasteiger partial charge in [0.05, 0.1) is 0 Å². The summed E-state index contributed by atoms with van der Waals surface area (Å²) in [5, 5.41) is 0. The third-order valence-electron chi connectivity index (χ3n) is 6.77. The molecule has 0 N–H and O–H groups in total. The molecule has 0 atom stereocenters. The molecule has 0 nitrogen and oxygen atoms in total. The van der Waals surface area contributed by atoms with Crippen LogP contribution < -0.4 is 0 Å². The van der Waals surface area contributed by atoms with E-state index in [1.807, 2.05) is 12.1 Å². The number of unbranched alkanes of at least 4 members (excludes halogenated alkanes) is 4. The molecule has 1 aliphatic rings. The highest BCUT2D eigenvalue weighted by Gasteiger charge is 2.21. The summed E-state index contributed by atoms with van der Waals surface area (Å²) >= 11 is 0. The molecule has 1 heteroatoms. The predicted octanol–water partition coefficient (Wildman–Crippen LogP) is 8.62. The second-order valence-corrected chi connectivity index (χ2v) is 9.28. The van der Waals surface area contributed by atoms with E-state index in [0.717, 1.165) is 36.8 Å². The van der Waals surface area contributed by atoms with E-state index in [1.54, 1.807) is 6.07 Å². The third kappa shape index (κ3) is 7.53. The highest BCUT2D eigenvalue weighted by molar-refractivity contribution is 5.37. The lowest BCUT2D eigenvalue weighted by Crippen LogP contribution is -2.12. The van der Waals surface area contributed by atoms with E-state index in [0.29, 0.717) is 11.8 Å². The first-order chi connectivity index (χ1) is 15.2. The molecule has 31 heavy (non-hydrogen) atoms. The Balaban J connectivity index is 1.48. The number of hydrogen-bond acceptors (Lipinski definition) is 0. The molecule has 0 radical (unpaired) electrons. The van der Waals surface area contributed by atoms with Crippen LogP contribution in [0.2, 0.25) is 0 Å². The van der Waals surface area contributed by atoms with Crippen LogP contribution in [0.3, 0.4) is 0 Å². The molecule has 0 spiro atoms. The Bertz CT molecular complexity index is 844. The molecule has 0 aromatic heterocycles. The van der Waals surface area contributed by atoms with Crippen molar-refractivity contribution >= 4 is 0 Å². The summed E-state index contributed by atoms with van der Waals surface area (Å²) < 4.78 is 14.4. The van der Waals surface area contributed by atoms with Crippen molar-refractivity contribution in [1.82, 2.24) is 0 Å². The molecule has 0 aliphatic heterocycles. The van der Waals surface area contributed by atoms with Crippen LogP contribution in [-0.2, 0) is 12.8 Å². The van der Waals surface area contributed by atoms with Crippen LogP contribution in [0.4, 0.5) is 4.39 Å². The van der Waals surface area contributed by atoms with E-state index >= 15 is 0 Å². The van der Waals surface area contributed by atoms with Gasteiger partial charge < -0.3 is 0 Å². The molecule has 1 fully saturated rings. The maximum absolute atomic E-state index is 14.4. The van der Waals surface area contributed by atoms with Crippen molar-refractivity contribution in [3.8, 4) is 11.8 Å². The Kier molecular flexibility index (Phi) is 9.67. The molecule has 0 saturated heterocycles. The third-order valence-corrected chi connectivity index (χ3v) is 6.77. The summed E-state index contributed by atoms with van der Waals surface area (Å²) in [5.74, 6) is 7.70. The lowest BCUT2D eigenvalue weighted by atomic mass is 9.78. The number of halogens is 1. The summed E-state index contributed by atoms with van der Waals surface area (Å²) in [4.78, 5) is 0. The Labute approximate surface area is 189 Å². The van der Waals surface area contributed by atoms with Crippen LogP contribution in [0, 0.1) is 23.6 Å². The van der Waals surface area contributed by atoms with Gasteiger partial charge in [-0.3, -0.25) is 0 Å². The van der Waals surface area contributed by atoms with E-state index in [9.17, 15) is 4.39 Å². The van der Waals surface area contributed by atoms with Gasteiger partial charge in [0.25, 0.3) is 0 Å². The van der Waals surface area contributed by atoms with Gasteiger partial charge in [0.15, 0.2) is 0 Å². The lowest BCUT2D eigenvalue weighted by Gasteiger charge is -2.26. The standard InChI is InChI=1S/C30H39F/c1-3-5-7-8-10-29-22-17-26(23-30(29)31)12-11-25-15-20-28(21-16-25)27-18-13-24(14-19-27)9-6-4-2/h13-14,17-19,22-23,25,28H,3-10,15-16,20-21H2,1-2H3/t25-,28-. The fraction of sp³-hybridized carbons (Fsp3) is 0.533. The smallest absolute Gasteiger partial charge is 0.127 e. The minimum Gasteiger partial charge on any atom is -0.207 e. The zero-order chi connectivity index (χ0) is 21.9. The minimum atomic E-state index is -0.0885. The summed E-state index contributed by atoms with van der Waals surface area (Å²) in [6, 6.07) is 14.9. The van der Waals surface area contributed by atoms with Gasteiger partial charge in [-0.2, -0.15) is 0 Å². The first-order valence-corrected chi connectivity index (χ1v) is 12.6. The van der Waals surface area contributed by atoms with Gasteiger partial charge in [-0.05, 0) is 86.1 Å². The van der Waals surface area contributed by atoms with Crippen LogP contribution in [0.15, 0.2) is 42.5 Å². The van der Waals surface area contributed by atoms with Crippen molar-refractivity contribution in [2.45, 2.75) is 96.8 Å². The maximum Gasteiger partial charge on any atom is 0.127 e. The molecule has 166 valence electrons. The molecule has 1 saturated carbocycles. The number of rotatable bonds is 9. The van der Waals surface area contributed by atoms with Gasteiger partial charge in [0.1, 0.15) is 5.82 Å². The fourth-order valence-electron chi connectivity index (χ4n) is 4.66. The van der Waals surface area contributed by atoms with Crippen LogP contribution in [0.1, 0.15) is 106 Å². The van der Waals surface area contributed by atoms with E-state index in [-0.39, 0.29) is 5.82 Å². The van der Waals surface area contributed by atoms with Crippen LogP contribution >= 0.6 is 0 Å². The largest absolute Gasteiger partial charge is 0.207 e. The Morgan fingerprint density at radius 3 is 2.23 bits per heavy atom. The number of hydrogen-bond donors (Lipinski definition) is 0.